The molecule has 0 aromatic heterocycles. The molecule has 2 N–H and O–H groups in total. The maximum Gasteiger partial charge on any atom is 0.251 e. The summed E-state index contributed by atoms with van der Waals surface area (Å²) in [4.78, 5) is 11.9. The fourth-order valence-corrected chi connectivity index (χ4v) is 2.27. The first-order chi connectivity index (χ1) is 8.58. The molecule has 0 spiro atoms. The summed E-state index contributed by atoms with van der Waals surface area (Å²) in [6, 6.07) is 4.21. The topological polar surface area (TPSA) is 49.3 Å². The van der Waals surface area contributed by atoms with Gasteiger partial charge in [-0.15, -0.1) is 0 Å². The van der Waals surface area contributed by atoms with E-state index in [9.17, 15) is 14.3 Å². The van der Waals surface area contributed by atoms with E-state index in [1.165, 1.54) is 6.07 Å². The van der Waals surface area contributed by atoms with Gasteiger partial charge < -0.3 is 10.4 Å². The van der Waals surface area contributed by atoms with Crippen molar-refractivity contribution < 1.29 is 14.3 Å². The van der Waals surface area contributed by atoms with Crippen LogP contribution >= 0.6 is 0 Å². The van der Waals surface area contributed by atoms with Gasteiger partial charge in [0.05, 0.1) is 12.1 Å². The Morgan fingerprint density at radius 2 is 2.11 bits per heavy atom. The highest BCUT2D eigenvalue weighted by Gasteiger charge is 2.24. The van der Waals surface area contributed by atoms with Crippen LogP contribution in [0.15, 0.2) is 18.2 Å². The minimum Gasteiger partial charge on any atom is -0.391 e. The second-order valence-corrected chi connectivity index (χ2v) is 4.90. The van der Waals surface area contributed by atoms with E-state index in [0.717, 1.165) is 19.3 Å². The van der Waals surface area contributed by atoms with Gasteiger partial charge in [-0.25, -0.2) is 4.39 Å². The number of halogens is 1. The largest absolute Gasteiger partial charge is 0.391 e. The van der Waals surface area contributed by atoms with Crippen molar-refractivity contribution >= 4 is 5.91 Å². The van der Waals surface area contributed by atoms with E-state index < -0.39 is 6.10 Å². The van der Waals surface area contributed by atoms with Gasteiger partial charge in [-0.2, -0.15) is 0 Å². The highest BCUT2D eigenvalue weighted by molar-refractivity contribution is 5.94. The zero-order chi connectivity index (χ0) is 13.1. The maximum absolute atomic E-state index is 13.4. The minimum absolute atomic E-state index is 0.212. The normalized spacial score (nSPS) is 23.7. The van der Waals surface area contributed by atoms with Gasteiger partial charge in [-0.05, 0) is 37.5 Å². The minimum atomic E-state index is -0.488. The Balaban J connectivity index is 2.04. The molecule has 2 rings (SSSR count). The van der Waals surface area contributed by atoms with Gasteiger partial charge in [-0.1, -0.05) is 18.9 Å². The smallest absolute Gasteiger partial charge is 0.251 e. The summed E-state index contributed by atoms with van der Waals surface area (Å²) in [6.45, 7) is 1.65. The van der Waals surface area contributed by atoms with Gasteiger partial charge in [-0.3, -0.25) is 4.79 Å². The van der Waals surface area contributed by atoms with Gasteiger partial charge in [0.2, 0.25) is 0 Å². The van der Waals surface area contributed by atoms with Crippen molar-refractivity contribution in [2.75, 3.05) is 0 Å². The van der Waals surface area contributed by atoms with Gasteiger partial charge in [0.25, 0.3) is 5.91 Å². The molecule has 0 radical (unpaired) electrons. The Morgan fingerprint density at radius 3 is 2.78 bits per heavy atom. The third kappa shape index (κ3) is 2.88. The second kappa shape index (κ2) is 5.48. The van der Waals surface area contributed by atoms with E-state index in [-0.39, 0.29) is 17.8 Å². The fourth-order valence-electron chi connectivity index (χ4n) is 2.27. The zero-order valence-electron chi connectivity index (χ0n) is 10.4. The Bertz CT molecular complexity index is 447. The third-order valence-electron chi connectivity index (χ3n) is 3.48. The van der Waals surface area contributed by atoms with Crippen molar-refractivity contribution in [3.05, 3.63) is 35.1 Å². The molecular weight excluding hydrogens is 233 g/mol. The SMILES string of the molecule is Cc1ccc(C(=O)N[C@@H]2CCCC[C@H]2O)cc1F. The van der Waals surface area contributed by atoms with Crippen LogP contribution in [-0.2, 0) is 0 Å². The molecule has 0 unspecified atom stereocenters. The summed E-state index contributed by atoms with van der Waals surface area (Å²) in [5, 5.41) is 12.6. The molecule has 1 fully saturated rings. The van der Waals surface area contributed by atoms with Crippen LogP contribution in [0.3, 0.4) is 0 Å². The van der Waals surface area contributed by atoms with E-state index >= 15 is 0 Å². The molecular formula is C14H18FNO2. The molecule has 0 aliphatic heterocycles. The molecule has 18 heavy (non-hydrogen) atoms. The van der Waals surface area contributed by atoms with Crippen molar-refractivity contribution in [1.82, 2.24) is 5.32 Å². The van der Waals surface area contributed by atoms with Crippen LogP contribution < -0.4 is 5.32 Å². The van der Waals surface area contributed by atoms with Crippen LogP contribution in [0.25, 0.3) is 0 Å². The number of aliphatic hydroxyl groups is 1. The molecule has 1 aliphatic carbocycles. The number of carbonyl (C=O) groups is 1. The summed E-state index contributed by atoms with van der Waals surface area (Å²) in [6.07, 6.45) is 3.00. The van der Waals surface area contributed by atoms with E-state index in [0.29, 0.717) is 17.5 Å². The van der Waals surface area contributed by atoms with Crippen molar-refractivity contribution in [3.63, 3.8) is 0 Å². The molecule has 0 bridgehead atoms. The van der Waals surface area contributed by atoms with Crippen LogP contribution in [0.1, 0.15) is 41.6 Å². The number of hydrogen-bond acceptors (Lipinski definition) is 2. The Hall–Kier alpha value is -1.42. The van der Waals surface area contributed by atoms with Crippen LogP contribution in [0.4, 0.5) is 4.39 Å². The average molecular weight is 251 g/mol. The quantitative estimate of drug-likeness (QED) is 0.846. The molecule has 0 saturated heterocycles. The third-order valence-corrected chi connectivity index (χ3v) is 3.48. The van der Waals surface area contributed by atoms with E-state index in [4.69, 9.17) is 0 Å². The molecule has 1 aromatic carbocycles. The van der Waals surface area contributed by atoms with E-state index in [2.05, 4.69) is 5.32 Å². The van der Waals surface area contributed by atoms with Crippen LogP contribution in [-0.4, -0.2) is 23.2 Å². The summed E-state index contributed by atoms with van der Waals surface area (Å²) in [5.41, 5.74) is 0.820. The molecule has 1 amide bonds. The van der Waals surface area contributed by atoms with Crippen molar-refractivity contribution in [2.24, 2.45) is 0 Å². The first-order valence-corrected chi connectivity index (χ1v) is 6.33. The Kier molecular flexibility index (Phi) is 3.97. The number of carbonyl (C=O) groups excluding carboxylic acids is 1. The number of aliphatic hydroxyl groups excluding tert-OH is 1. The molecule has 2 atom stereocenters. The summed E-state index contributed by atoms with van der Waals surface area (Å²) in [5.74, 6) is -0.702. The predicted molar refractivity (Wildman–Crippen MR) is 66.9 cm³/mol. The molecule has 3 nitrogen and oxygen atoms in total. The van der Waals surface area contributed by atoms with Gasteiger partial charge in [0.1, 0.15) is 5.82 Å². The van der Waals surface area contributed by atoms with Crippen LogP contribution in [0.2, 0.25) is 0 Å². The molecule has 0 heterocycles. The molecule has 98 valence electrons. The number of amides is 1. The lowest BCUT2D eigenvalue weighted by atomic mass is 9.92. The zero-order valence-corrected chi connectivity index (χ0v) is 10.4. The first kappa shape index (κ1) is 13.0. The predicted octanol–water partition coefficient (Wildman–Crippen LogP) is 2.17. The highest BCUT2D eigenvalue weighted by Crippen LogP contribution is 2.19. The van der Waals surface area contributed by atoms with Crippen molar-refractivity contribution in [3.8, 4) is 0 Å². The maximum atomic E-state index is 13.4. The van der Waals surface area contributed by atoms with Gasteiger partial charge >= 0.3 is 0 Å². The lowest BCUT2D eigenvalue weighted by Crippen LogP contribution is -2.45. The number of benzene rings is 1. The number of nitrogens with one attached hydrogen (secondary N) is 1. The summed E-state index contributed by atoms with van der Waals surface area (Å²) >= 11 is 0. The number of aryl methyl sites for hydroxylation is 1. The summed E-state index contributed by atoms with van der Waals surface area (Å²) < 4.78 is 13.4. The molecule has 4 heteroatoms. The number of hydrogen-bond donors (Lipinski definition) is 2. The fraction of sp³-hybridized carbons (Fsp3) is 0.500. The van der Waals surface area contributed by atoms with Gasteiger partial charge in [0.15, 0.2) is 0 Å². The van der Waals surface area contributed by atoms with Crippen LogP contribution in [0.5, 0.6) is 0 Å². The van der Waals surface area contributed by atoms with E-state index in [1.807, 2.05) is 0 Å². The monoisotopic (exact) mass is 251 g/mol. The lowest BCUT2D eigenvalue weighted by Gasteiger charge is -2.28. The Labute approximate surface area is 106 Å². The number of rotatable bonds is 2. The summed E-state index contributed by atoms with van der Waals surface area (Å²) in [7, 11) is 0. The van der Waals surface area contributed by atoms with Crippen molar-refractivity contribution in [2.45, 2.75) is 44.8 Å². The lowest BCUT2D eigenvalue weighted by molar-refractivity contribution is 0.0717. The molecule has 1 aliphatic rings. The molecule has 1 saturated carbocycles. The standard InChI is InChI=1S/C14H18FNO2/c1-9-6-7-10(8-11(9)15)14(18)16-12-4-2-3-5-13(12)17/h6-8,12-13,17H,2-5H2,1H3,(H,16,18)/t12-,13-/m1/s1. The Morgan fingerprint density at radius 1 is 1.39 bits per heavy atom. The molecule has 1 aromatic rings. The van der Waals surface area contributed by atoms with Crippen molar-refractivity contribution in [1.29, 1.82) is 0 Å². The first-order valence-electron chi connectivity index (χ1n) is 6.33. The second-order valence-electron chi connectivity index (χ2n) is 4.90. The van der Waals surface area contributed by atoms with Gasteiger partial charge in [0, 0.05) is 5.56 Å². The average Bonchev–Trinajstić information content (AvgIpc) is 2.35. The van der Waals surface area contributed by atoms with Crippen LogP contribution in [0, 0.1) is 12.7 Å². The highest BCUT2D eigenvalue weighted by atomic mass is 19.1. The van der Waals surface area contributed by atoms with E-state index in [1.54, 1.807) is 19.1 Å².